The molecular weight excluding hydrogens is 212 g/mol. The molecule has 0 fully saturated rings. The van der Waals surface area contributed by atoms with Gasteiger partial charge in [-0.1, -0.05) is 12.1 Å². The number of hydrogen-bond donors (Lipinski definition) is 1. The molecule has 0 saturated heterocycles. The largest absolute Gasteiger partial charge is 0.268 e. The van der Waals surface area contributed by atoms with Crippen molar-refractivity contribution in [3.8, 4) is 11.3 Å². The van der Waals surface area contributed by atoms with Crippen molar-refractivity contribution < 1.29 is 0 Å². The molecule has 2 rings (SSSR count). The van der Waals surface area contributed by atoms with Crippen molar-refractivity contribution in [2.24, 2.45) is 0 Å². The lowest BCUT2D eigenvalue weighted by Gasteiger charge is -2.08. The van der Waals surface area contributed by atoms with E-state index in [9.17, 15) is 4.79 Å². The highest BCUT2D eigenvalue weighted by molar-refractivity contribution is 5.64. The first kappa shape index (κ1) is 11.6. The summed E-state index contributed by atoms with van der Waals surface area (Å²) in [6.45, 7) is 7.91. The maximum atomic E-state index is 11.4. The Balaban J connectivity index is 2.65. The number of aromatic amines is 1. The maximum Gasteiger partial charge on any atom is 0.267 e. The molecule has 0 amide bonds. The highest BCUT2D eigenvalue weighted by atomic mass is 16.1. The minimum atomic E-state index is -0.116. The molecule has 3 nitrogen and oxygen atoms in total. The molecule has 3 heteroatoms. The zero-order valence-electron chi connectivity index (χ0n) is 10.6. The van der Waals surface area contributed by atoms with Crippen molar-refractivity contribution in [2.45, 2.75) is 27.7 Å². The molecule has 0 aliphatic rings. The summed E-state index contributed by atoms with van der Waals surface area (Å²) in [6, 6.07) is 6.21. The second-order valence-corrected chi connectivity index (χ2v) is 4.45. The first-order valence-corrected chi connectivity index (χ1v) is 5.64. The number of H-pyrrole nitrogens is 1. The zero-order valence-corrected chi connectivity index (χ0v) is 10.6. The summed E-state index contributed by atoms with van der Waals surface area (Å²) in [7, 11) is 0. The van der Waals surface area contributed by atoms with Crippen LogP contribution in [0.3, 0.4) is 0 Å². The summed E-state index contributed by atoms with van der Waals surface area (Å²) in [5, 5.41) is 6.68. The number of aryl methyl sites for hydroxylation is 2. The van der Waals surface area contributed by atoms with Gasteiger partial charge in [-0.2, -0.15) is 5.10 Å². The van der Waals surface area contributed by atoms with Gasteiger partial charge in [0, 0.05) is 11.1 Å². The fourth-order valence-electron chi connectivity index (χ4n) is 1.79. The van der Waals surface area contributed by atoms with Crippen molar-refractivity contribution in [1.29, 1.82) is 0 Å². The number of nitrogens with zero attached hydrogens (tertiary/aromatic N) is 1. The van der Waals surface area contributed by atoms with E-state index in [4.69, 9.17) is 0 Å². The quantitative estimate of drug-likeness (QED) is 0.815. The monoisotopic (exact) mass is 228 g/mol. The van der Waals surface area contributed by atoms with Crippen LogP contribution in [0.4, 0.5) is 0 Å². The first-order chi connectivity index (χ1) is 8.00. The van der Waals surface area contributed by atoms with Crippen LogP contribution >= 0.6 is 0 Å². The Morgan fingerprint density at radius 1 is 1.00 bits per heavy atom. The molecule has 2 aromatic rings. The predicted octanol–water partition coefficient (Wildman–Crippen LogP) is 2.67. The lowest BCUT2D eigenvalue weighted by Crippen LogP contribution is -2.14. The molecule has 0 unspecified atom stereocenters. The maximum absolute atomic E-state index is 11.4. The number of aromatic nitrogens is 2. The summed E-state index contributed by atoms with van der Waals surface area (Å²) in [6.07, 6.45) is 0. The molecule has 0 atom stereocenters. The number of rotatable bonds is 1. The molecule has 0 bridgehead atoms. The summed E-state index contributed by atoms with van der Waals surface area (Å²) < 4.78 is 0. The Hall–Kier alpha value is -1.90. The standard InChI is InChI=1S/C14H16N2O/c1-8-5-6-12(7-9(8)2)13-10(3)11(4)14(17)16-15-13/h5-7H,1-4H3,(H,16,17). The Morgan fingerprint density at radius 3 is 2.35 bits per heavy atom. The van der Waals surface area contributed by atoms with Gasteiger partial charge in [0.05, 0.1) is 5.69 Å². The number of benzene rings is 1. The lowest BCUT2D eigenvalue weighted by atomic mass is 10.0. The molecule has 0 saturated carbocycles. The molecule has 1 aromatic heterocycles. The van der Waals surface area contributed by atoms with Gasteiger partial charge in [0.2, 0.25) is 0 Å². The van der Waals surface area contributed by atoms with Crippen molar-refractivity contribution in [1.82, 2.24) is 10.2 Å². The van der Waals surface area contributed by atoms with E-state index in [2.05, 4.69) is 36.2 Å². The van der Waals surface area contributed by atoms with Crippen molar-refractivity contribution in [3.63, 3.8) is 0 Å². The first-order valence-electron chi connectivity index (χ1n) is 5.64. The van der Waals surface area contributed by atoms with Gasteiger partial charge < -0.3 is 0 Å². The lowest BCUT2D eigenvalue weighted by molar-refractivity contribution is 0.958. The SMILES string of the molecule is Cc1ccc(-c2n[nH]c(=O)c(C)c2C)cc1C. The average molecular weight is 228 g/mol. The van der Waals surface area contributed by atoms with E-state index >= 15 is 0 Å². The topological polar surface area (TPSA) is 45.8 Å². The van der Waals surface area contributed by atoms with Gasteiger partial charge in [-0.05, 0) is 50.5 Å². The number of nitrogens with one attached hydrogen (secondary N) is 1. The van der Waals surface area contributed by atoms with Crippen LogP contribution in [0.2, 0.25) is 0 Å². The number of hydrogen-bond acceptors (Lipinski definition) is 2. The molecule has 1 aromatic carbocycles. The predicted molar refractivity (Wildman–Crippen MR) is 69.2 cm³/mol. The van der Waals surface area contributed by atoms with Crippen LogP contribution in [0.15, 0.2) is 23.0 Å². The Morgan fingerprint density at radius 2 is 1.71 bits per heavy atom. The van der Waals surface area contributed by atoms with Gasteiger partial charge in [0.15, 0.2) is 0 Å². The Labute approximate surface area is 101 Å². The summed E-state index contributed by atoms with van der Waals surface area (Å²) in [4.78, 5) is 11.4. The minimum Gasteiger partial charge on any atom is -0.268 e. The van der Waals surface area contributed by atoms with Gasteiger partial charge in [-0.15, -0.1) is 0 Å². The van der Waals surface area contributed by atoms with Gasteiger partial charge in [0.1, 0.15) is 0 Å². The zero-order chi connectivity index (χ0) is 12.6. The third-order valence-electron chi connectivity index (χ3n) is 3.31. The van der Waals surface area contributed by atoms with E-state index in [1.165, 1.54) is 11.1 Å². The molecule has 0 aliphatic heterocycles. The van der Waals surface area contributed by atoms with Gasteiger partial charge >= 0.3 is 0 Å². The fraction of sp³-hybridized carbons (Fsp3) is 0.286. The fourth-order valence-corrected chi connectivity index (χ4v) is 1.79. The van der Waals surface area contributed by atoms with Crippen molar-refractivity contribution >= 4 is 0 Å². The summed E-state index contributed by atoms with van der Waals surface area (Å²) >= 11 is 0. The molecule has 0 spiro atoms. The molecule has 0 aliphatic carbocycles. The van der Waals surface area contributed by atoms with Crippen molar-refractivity contribution in [3.05, 3.63) is 50.8 Å². The summed E-state index contributed by atoms with van der Waals surface area (Å²) in [5.41, 5.74) is 5.94. The minimum absolute atomic E-state index is 0.116. The van der Waals surface area contributed by atoms with E-state index in [0.29, 0.717) is 0 Å². The van der Waals surface area contributed by atoms with Crippen LogP contribution in [-0.4, -0.2) is 10.2 Å². The van der Waals surface area contributed by atoms with E-state index in [1.54, 1.807) is 0 Å². The normalized spacial score (nSPS) is 10.6. The molecule has 17 heavy (non-hydrogen) atoms. The second kappa shape index (κ2) is 4.17. The Kier molecular flexibility index (Phi) is 2.84. The van der Waals surface area contributed by atoms with E-state index in [0.717, 1.165) is 22.4 Å². The smallest absolute Gasteiger partial charge is 0.267 e. The third-order valence-corrected chi connectivity index (χ3v) is 3.31. The summed E-state index contributed by atoms with van der Waals surface area (Å²) in [5.74, 6) is 0. The molecule has 1 heterocycles. The van der Waals surface area contributed by atoms with E-state index < -0.39 is 0 Å². The average Bonchev–Trinajstić information content (AvgIpc) is 2.30. The van der Waals surface area contributed by atoms with Gasteiger partial charge in [0.25, 0.3) is 5.56 Å². The van der Waals surface area contributed by atoms with E-state index in [-0.39, 0.29) is 5.56 Å². The van der Waals surface area contributed by atoms with Crippen LogP contribution in [0.25, 0.3) is 11.3 Å². The molecule has 0 radical (unpaired) electrons. The molecule has 1 N–H and O–H groups in total. The second-order valence-electron chi connectivity index (χ2n) is 4.45. The molecular formula is C14H16N2O. The van der Waals surface area contributed by atoms with Gasteiger partial charge in [-0.25, -0.2) is 5.10 Å². The van der Waals surface area contributed by atoms with Crippen LogP contribution in [0.1, 0.15) is 22.3 Å². The van der Waals surface area contributed by atoms with E-state index in [1.807, 2.05) is 19.9 Å². The van der Waals surface area contributed by atoms with Crippen LogP contribution < -0.4 is 5.56 Å². The van der Waals surface area contributed by atoms with Crippen molar-refractivity contribution in [2.75, 3.05) is 0 Å². The van der Waals surface area contributed by atoms with Gasteiger partial charge in [-0.3, -0.25) is 4.79 Å². The third kappa shape index (κ3) is 2.00. The highest BCUT2D eigenvalue weighted by Gasteiger charge is 2.09. The highest BCUT2D eigenvalue weighted by Crippen LogP contribution is 2.23. The molecule has 88 valence electrons. The van der Waals surface area contributed by atoms with Crippen LogP contribution in [0, 0.1) is 27.7 Å². The Bertz CT molecular complexity index is 627. The van der Waals surface area contributed by atoms with Crippen LogP contribution in [0.5, 0.6) is 0 Å². The van der Waals surface area contributed by atoms with Crippen LogP contribution in [-0.2, 0) is 0 Å².